The molecule has 1 saturated heterocycles. The van der Waals surface area contributed by atoms with Gasteiger partial charge in [-0.3, -0.25) is 4.79 Å². The predicted molar refractivity (Wildman–Crippen MR) is 75.6 cm³/mol. The monoisotopic (exact) mass is 291 g/mol. The van der Waals surface area contributed by atoms with Crippen molar-refractivity contribution in [2.75, 3.05) is 37.7 Å². The summed E-state index contributed by atoms with van der Waals surface area (Å²) in [6.45, 7) is 7.55. The molecule has 3 N–H and O–H groups in total. The van der Waals surface area contributed by atoms with Gasteiger partial charge in [-0.15, -0.1) is 0 Å². The minimum Gasteiger partial charge on any atom is -0.368 e. The van der Waals surface area contributed by atoms with Crippen LogP contribution >= 0.6 is 0 Å². The van der Waals surface area contributed by atoms with E-state index < -0.39 is 21.3 Å². The summed E-state index contributed by atoms with van der Waals surface area (Å²) in [7, 11) is -3.00. The molecule has 19 heavy (non-hydrogen) atoms. The van der Waals surface area contributed by atoms with Gasteiger partial charge in [-0.2, -0.15) is 0 Å². The molecule has 0 aliphatic carbocycles. The van der Waals surface area contributed by atoms with E-state index in [1.165, 1.54) is 0 Å². The highest BCUT2D eigenvalue weighted by molar-refractivity contribution is 7.91. The Balaban J connectivity index is 2.57. The number of amides is 1. The summed E-state index contributed by atoms with van der Waals surface area (Å²) >= 11 is 0. The van der Waals surface area contributed by atoms with E-state index in [1.54, 1.807) is 0 Å². The third kappa shape index (κ3) is 4.43. The number of sulfone groups is 1. The Morgan fingerprint density at radius 2 is 1.79 bits per heavy atom. The van der Waals surface area contributed by atoms with Gasteiger partial charge >= 0.3 is 0 Å². The highest BCUT2D eigenvalue weighted by Gasteiger charge is 2.41. The van der Waals surface area contributed by atoms with Crippen molar-refractivity contribution in [3.8, 4) is 0 Å². The van der Waals surface area contributed by atoms with Crippen LogP contribution in [0.25, 0.3) is 0 Å². The maximum Gasteiger partial charge on any atom is 0.237 e. The number of carbonyl (C=O) groups excluding carboxylic acids is 1. The predicted octanol–water partition coefficient (Wildman–Crippen LogP) is -0.649. The van der Waals surface area contributed by atoms with Crippen LogP contribution in [0.1, 0.15) is 26.7 Å². The van der Waals surface area contributed by atoms with Gasteiger partial charge in [0.1, 0.15) is 9.84 Å². The molecule has 0 unspecified atom stereocenters. The van der Waals surface area contributed by atoms with E-state index in [9.17, 15) is 13.2 Å². The third-order valence-corrected chi connectivity index (χ3v) is 5.59. The maximum atomic E-state index is 11.7. The molecule has 0 atom stereocenters. The number of nitrogens with one attached hydrogen (secondary N) is 1. The first kappa shape index (κ1) is 16.4. The molecular formula is C12H25N3O3S. The highest BCUT2D eigenvalue weighted by atomic mass is 32.2. The summed E-state index contributed by atoms with van der Waals surface area (Å²) in [4.78, 5) is 13.9. The van der Waals surface area contributed by atoms with E-state index in [4.69, 9.17) is 5.73 Å². The van der Waals surface area contributed by atoms with Crippen LogP contribution < -0.4 is 11.1 Å². The van der Waals surface area contributed by atoms with Crippen LogP contribution in [-0.4, -0.2) is 62.4 Å². The smallest absolute Gasteiger partial charge is 0.237 e. The van der Waals surface area contributed by atoms with Crippen LogP contribution in [0.5, 0.6) is 0 Å². The molecule has 1 rings (SSSR count). The first-order valence-electron chi connectivity index (χ1n) is 6.83. The van der Waals surface area contributed by atoms with Gasteiger partial charge in [0.05, 0.1) is 17.0 Å². The molecule has 0 aromatic carbocycles. The number of nitrogens with zero attached hydrogens (tertiary/aromatic N) is 1. The fourth-order valence-electron chi connectivity index (χ4n) is 2.39. The van der Waals surface area contributed by atoms with Crippen LogP contribution in [0.4, 0.5) is 0 Å². The van der Waals surface area contributed by atoms with Gasteiger partial charge in [0, 0.05) is 13.1 Å². The third-order valence-electron chi connectivity index (χ3n) is 3.94. The lowest BCUT2D eigenvalue weighted by Crippen LogP contribution is -2.60. The number of nitrogens with two attached hydrogens (primary N) is 1. The van der Waals surface area contributed by atoms with E-state index in [2.05, 4.69) is 24.1 Å². The van der Waals surface area contributed by atoms with E-state index in [1.807, 2.05) is 0 Å². The van der Waals surface area contributed by atoms with Crippen LogP contribution in [0.15, 0.2) is 0 Å². The number of carbonyl (C=O) groups is 1. The molecule has 0 bridgehead atoms. The van der Waals surface area contributed by atoms with Crippen LogP contribution in [0, 0.1) is 0 Å². The van der Waals surface area contributed by atoms with Crippen LogP contribution in [-0.2, 0) is 14.6 Å². The molecule has 1 fully saturated rings. The molecule has 0 saturated carbocycles. The van der Waals surface area contributed by atoms with Crippen LogP contribution in [0.2, 0.25) is 0 Å². The lowest BCUT2D eigenvalue weighted by atomic mass is 9.91. The Hall–Kier alpha value is -0.660. The van der Waals surface area contributed by atoms with E-state index in [0.717, 1.165) is 19.6 Å². The lowest BCUT2D eigenvalue weighted by molar-refractivity contribution is -0.124. The van der Waals surface area contributed by atoms with Gasteiger partial charge in [0.2, 0.25) is 5.91 Å². The minimum absolute atomic E-state index is 0.0359. The zero-order valence-electron chi connectivity index (χ0n) is 11.8. The summed E-state index contributed by atoms with van der Waals surface area (Å²) in [5.74, 6) is -0.371. The molecule has 112 valence electrons. The second-order valence-electron chi connectivity index (χ2n) is 5.05. The topological polar surface area (TPSA) is 92.5 Å². The average molecular weight is 291 g/mol. The largest absolute Gasteiger partial charge is 0.368 e. The number of hydrogen-bond donors (Lipinski definition) is 2. The molecule has 1 heterocycles. The van der Waals surface area contributed by atoms with E-state index in [-0.39, 0.29) is 24.3 Å². The van der Waals surface area contributed by atoms with Crippen molar-refractivity contribution in [1.82, 2.24) is 10.2 Å². The number of primary amides is 1. The minimum atomic E-state index is -3.00. The maximum absolute atomic E-state index is 11.7. The van der Waals surface area contributed by atoms with E-state index in [0.29, 0.717) is 6.54 Å². The number of hydrogen-bond acceptors (Lipinski definition) is 5. The quantitative estimate of drug-likeness (QED) is 0.650. The molecule has 1 aliphatic rings. The normalized spacial score (nSPS) is 21.4. The molecule has 0 spiro atoms. The van der Waals surface area contributed by atoms with Gasteiger partial charge in [-0.1, -0.05) is 13.8 Å². The van der Waals surface area contributed by atoms with Gasteiger partial charge in [-0.25, -0.2) is 8.42 Å². The SMILES string of the molecule is CCN(CC)CCNC1(C(N)=O)CCS(=O)(=O)CC1. The Kier molecular flexibility index (Phi) is 5.76. The Morgan fingerprint density at radius 1 is 1.26 bits per heavy atom. The van der Waals surface area contributed by atoms with Gasteiger partial charge < -0.3 is 16.0 Å². The molecule has 1 aliphatic heterocycles. The van der Waals surface area contributed by atoms with Gasteiger partial charge in [-0.05, 0) is 25.9 Å². The zero-order chi connectivity index (χ0) is 14.5. The molecule has 1 amide bonds. The first-order valence-corrected chi connectivity index (χ1v) is 8.65. The Labute approximate surface area is 115 Å². The summed E-state index contributed by atoms with van der Waals surface area (Å²) < 4.78 is 22.9. The van der Waals surface area contributed by atoms with Crippen molar-refractivity contribution in [2.45, 2.75) is 32.2 Å². The highest BCUT2D eigenvalue weighted by Crippen LogP contribution is 2.23. The Morgan fingerprint density at radius 3 is 2.21 bits per heavy atom. The summed E-state index contributed by atoms with van der Waals surface area (Å²) in [6.07, 6.45) is 0.561. The number of rotatable bonds is 7. The molecular weight excluding hydrogens is 266 g/mol. The van der Waals surface area contributed by atoms with Crippen molar-refractivity contribution >= 4 is 15.7 Å². The average Bonchev–Trinajstić information content (AvgIpc) is 2.36. The van der Waals surface area contributed by atoms with Crippen molar-refractivity contribution in [3.63, 3.8) is 0 Å². The molecule has 7 heteroatoms. The molecule has 0 aromatic heterocycles. The second kappa shape index (κ2) is 6.67. The van der Waals surface area contributed by atoms with Crippen LogP contribution in [0.3, 0.4) is 0 Å². The summed E-state index contributed by atoms with van der Waals surface area (Å²) in [5.41, 5.74) is 4.61. The fraction of sp³-hybridized carbons (Fsp3) is 0.917. The standard InChI is InChI=1S/C12H25N3O3S/c1-3-15(4-2)8-7-14-12(11(13)16)5-9-19(17,18)10-6-12/h14H,3-10H2,1-2H3,(H2,13,16). The molecule has 6 nitrogen and oxygen atoms in total. The second-order valence-corrected chi connectivity index (χ2v) is 7.36. The van der Waals surface area contributed by atoms with Gasteiger partial charge in [0.25, 0.3) is 0 Å². The van der Waals surface area contributed by atoms with Crippen molar-refractivity contribution in [3.05, 3.63) is 0 Å². The van der Waals surface area contributed by atoms with E-state index >= 15 is 0 Å². The summed E-state index contributed by atoms with van der Waals surface area (Å²) in [5, 5.41) is 3.19. The van der Waals surface area contributed by atoms with Crippen molar-refractivity contribution in [2.24, 2.45) is 5.73 Å². The van der Waals surface area contributed by atoms with Crippen molar-refractivity contribution in [1.29, 1.82) is 0 Å². The first-order chi connectivity index (χ1) is 8.85. The van der Waals surface area contributed by atoms with Crippen molar-refractivity contribution < 1.29 is 13.2 Å². The fourth-order valence-corrected chi connectivity index (χ4v) is 3.91. The molecule has 0 radical (unpaired) electrons. The summed E-state index contributed by atoms with van der Waals surface area (Å²) in [6, 6.07) is 0. The zero-order valence-corrected chi connectivity index (χ0v) is 12.6. The Bertz CT molecular complexity index is 390. The molecule has 0 aromatic rings. The number of likely N-dealkylation sites (N-methyl/N-ethyl adjacent to an activating group) is 1. The lowest BCUT2D eigenvalue weighted by Gasteiger charge is -2.35. The van der Waals surface area contributed by atoms with Gasteiger partial charge in [0.15, 0.2) is 0 Å².